The largest absolute Gasteiger partial charge is 0.497 e. The molecule has 1 aromatic heterocycles. The van der Waals surface area contributed by atoms with Gasteiger partial charge in [0.25, 0.3) is 0 Å². The van der Waals surface area contributed by atoms with Crippen LogP contribution in [0.15, 0.2) is 36.4 Å². The molecule has 0 aliphatic heterocycles. The minimum Gasteiger partial charge on any atom is -0.497 e. The van der Waals surface area contributed by atoms with E-state index in [4.69, 9.17) is 30.8 Å². The fraction of sp³-hybridized carbons (Fsp3) is 0.444. The number of nitrogens with one attached hydrogen (secondary N) is 1. The van der Waals surface area contributed by atoms with Crippen molar-refractivity contribution in [2.24, 2.45) is 0 Å². The van der Waals surface area contributed by atoms with E-state index < -0.39 is 0 Å². The zero-order chi connectivity index (χ0) is 25.5. The van der Waals surface area contributed by atoms with Gasteiger partial charge < -0.3 is 24.4 Å². The first-order chi connectivity index (χ1) is 17.5. The van der Waals surface area contributed by atoms with Gasteiger partial charge in [-0.2, -0.15) is 15.0 Å². The molecular formula is C27H34ClN5O3. The van der Waals surface area contributed by atoms with Crippen molar-refractivity contribution >= 4 is 23.5 Å². The van der Waals surface area contributed by atoms with Crippen molar-refractivity contribution in [1.82, 2.24) is 15.0 Å². The Bertz CT molecular complexity index is 1130. The Morgan fingerprint density at radius 1 is 0.889 bits per heavy atom. The van der Waals surface area contributed by atoms with Crippen LogP contribution in [-0.2, 0) is 13.1 Å². The number of methoxy groups -OCH3 is 3. The molecule has 1 heterocycles. The number of rotatable bonds is 10. The number of nitrogens with zero attached hydrogens (tertiary/aromatic N) is 4. The Morgan fingerprint density at radius 2 is 1.56 bits per heavy atom. The third-order valence-corrected chi connectivity index (χ3v) is 6.62. The molecule has 9 heteroatoms. The van der Waals surface area contributed by atoms with Crippen molar-refractivity contribution in [3.63, 3.8) is 0 Å². The summed E-state index contributed by atoms with van der Waals surface area (Å²) >= 11 is 6.40. The van der Waals surface area contributed by atoms with Crippen molar-refractivity contribution in [2.75, 3.05) is 31.5 Å². The molecule has 0 unspecified atom stereocenters. The number of aryl methyl sites for hydroxylation is 1. The summed E-state index contributed by atoms with van der Waals surface area (Å²) in [4.78, 5) is 15.7. The zero-order valence-electron chi connectivity index (χ0n) is 21.4. The molecule has 0 radical (unpaired) electrons. The van der Waals surface area contributed by atoms with Gasteiger partial charge in [0.1, 0.15) is 17.2 Å². The molecule has 1 aliphatic carbocycles. The molecule has 0 amide bonds. The summed E-state index contributed by atoms with van der Waals surface area (Å²) in [5, 5.41) is 3.63. The Balaban J connectivity index is 1.70. The molecule has 4 rings (SSSR count). The summed E-state index contributed by atoms with van der Waals surface area (Å²) in [6.07, 6.45) is 5.90. The van der Waals surface area contributed by atoms with E-state index in [0.717, 1.165) is 46.8 Å². The third kappa shape index (κ3) is 6.49. The van der Waals surface area contributed by atoms with Gasteiger partial charge in [0.2, 0.25) is 17.2 Å². The van der Waals surface area contributed by atoms with Crippen LogP contribution in [0.25, 0.3) is 0 Å². The molecule has 0 bridgehead atoms. The number of ether oxygens (including phenoxy) is 3. The minimum atomic E-state index is 0.154. The van der Waals surface area contributed by atoms with Crippen molar-refractivity contribution in [2.45, 2.75) is 58.2 Å². The lowest BCUT2D eigenvalue weighted by Gasteiger charge is -2.26. The second-order valence-electron chi connectivity index (χ2n) is 9.06. The first-order valence-electron chi connectivity index (χ1n) is 12.3. The van der Waals surface area contributed by atoms with E-state index in [1.807, 2.05) is 43.3 Å². The van der Waals surface area contributed by atoms with Gasteiger partial charge in [-0.1, -0.05) is 31.4 Å². The normalized spacial score (nSPS) is 13.8. The monoisotopic (exact) mass is 511 g/mol. The summed E-state index contributed by atoms with van der Waals surface area (Å²) in [6, 6.07) is 12.3. The zero-order valence-corrected chi connectivity index (χ0v) is 22.1. The highest BCUT2D eigenvalue weighted by Crippen LogP contribution is 2.33. The fourth-order valence-electron chi connectivity index (χ4n) is 4.59. The maximum atomic E-state index is 6.40. The van der Waals surface area contributed by atoms with Gasteiger partial charge in [-0.15, -0.1) is 0 Å². The van der Waals surface area contributed by atoms with E-state index in [9.17, 15) is 0 Å². The first-order valence-corrected chi connectivity index (χ1v) is 12.6. The van der Waals surface area contributed by atoms with Gasteiger partial charge in [-0.25, -0.2) is 0 Å². The smallest absolute Gasteiger partial charge is 0.232 e. The molecule has 36 heavy (non-hydrogen) atoms. The van der Waals surface area contributed by atoms with Gasteiger partial charge in [0, 0.05) is 12.6 Å². The number of aromatic nitrogens is 3. The van der Waals surface area contributed by atoms with Gasteiger partial charge in [-0.3, -0.25) is 0 Å². The van der Waals surface area contributed by atoms with Crippen molar-refractivity contribution in [1.29, 1.82) is 0 Å². The molecule has 8 nitrogen and oxygen atoms in total. The van der Waals surface area contributed by atoms with E-state index in [2.05, 4.69) is 20.2 Å². The Hall–Kier alpha value is -3.26. The van der Waals surface area contributed by atoms with E-state index in [1.54, 1.807) is 21.3 Å². The lowest BCUT2D eigenvalue weighted by Crippen LogP contribution is -2.27. The Labute approximate surface area is 218 Å². The molecule has 2 aromatic carbocycles. The molecule has 3 aromatic rings. The van der Waals surface area contributed by atoms with Crippen molar-refractivity contribution in [3.05, 3.63) is 58.4 Å². The summed E-state index contributed by atoms with van der Waals surface area (Å²) in [5.41, 5.74) is 3.02. The second kappa shape index (κ2) is 12.1. The molecule has 1 saturated carbocycles. The Kier molecular flexibility index (Phi) is 8.70. The number of halogens is 1. The molecule has 1 aliphatic rings. The molecule has 0 spiro atoms. The van der Waals surface area contributed by atoms with Crippen molar-refractivity contribution in [3.8, 4) is 17.2 Å². The predicted octanol–water partition coefficient (Wildman–Crippen LogP) is 5.81. The van der Waals surface area contributed by atoms with Gasteiger partial charge >= 0.3 is 0 Å². The van der Waals surface area contributed by atoms with E-state index >= 15 is 0 Å². The van der Waals surface area contributed by atoms with Crippen LogP contribution >= 0.6 is 11.6 Å². The van der Waals surface area contributed by atoms with Crippen LogP contribution in [0, 0.1) is 6.92 Å². The second-order valence-corrected chi connectivity index (χ2v) is 9.40. The van der Waals surface area contributed by atoms with Gasteiger partial charge in [0.05, 0.1) is 33.4 Å². The van der Waals surface area contributed by atoms with Crippen LogP contribution in [-0.4, -0.2) is 42.3 Å². The number of hydrogen-bond acceptors (Lipinski definition) is 8. The molecular weight excluding hydrogens is 478 g/mol. The quantitative estimate of drug-likeness (QED) is 0.365. The van der Waals surface area contributed by atoms with Crippen LogP contribution < -0.4 is 24.4 Å². The Morgan fingerprint density at radius 3 is 2.17 bits per heavy atom. The maximum absolute atomic E-state index is 6.40. The van der Waals surface area contributed by atoms with Crippen LogP contribution in [0.4, 0.5) is 11.9 Å². The predicted molar refractivity (Wildman–Crippen MR) is 142 cm³/mol. The highest BCUT2D eigenvalue weighted by atomic mass is 35.5. The lowest BCUT2D eigenvalue weighted by atomic mass is 9.96. The van der Waals surface area contributed by atoms with Crippen LogP contribution in [0.2, 0.25) is 5.28 Å². The first kappa shape index (κ1) is 25.8. The molecule has 192 valence electrons. The summed E-state index contributed by atoms with van der Waals surface area (Å²) in [6.45, 7) is 2.99. The SMILES string of the molecule is COc1ccc(CN(Cc2c(OC)cc(C)cc2OC)c2nc(Cl)nc(NC3CCCCC3)n2)cc1. The van der Waals surface area contributed by atoms with Gasteiger partial charge in [-0.05, 0) is 66.8 Å². The van der Waals surface area contributed by atoms with Crippen molar-refractivity contribution < 1.29 is 14.2 Å². The highest BCUT2D eigenvalue weighted by Gasteiger charge is 2.21. The number of benzene rings is 2. The average Bonchev–Trinajstić information content (AvgIpc) is 2.89. The standard InChI is InChI=1S/C27H34ClN5O3/c1-18-14-23(35-3)22(24(15-18)36-4)17-33(16-19-10-12-21(34-2)13-11-19)27-31-25(28)30-26(32-27)29-20-8-6-5-7-9-20/h10-15,20H,5-9,16-17H2,1-4H3,(H,29,30,31,32). The molecule has 1 N–H and O–H groups in total. The van der Waals surface area contributed by atoms with Crippen LogP contribution in [0.1, 0.15) is 48.8 Å². The van der Waals surface area contributed by atoms with E-state index in [-0.39, 0.29) is 5.28 Å². The third-order valence-electron chi connectivity index (χ3n) is 6.45. The maximum Gasteiger partial charge on any atom is 0.232 e. The van der Waals surface area contributed by atoms with Crippen LogP contribution in [0.3, 0.4) is 0 Å². The number of hydrogen-bond donors (Lipinski definition) is 1. The molecule has 1 fully saturated rings. The minimum absolute atomic E-state index is 0.154. The summed E-state index contributed by atoms with van der Waals surface area (Å²) < 4.78 is 16.8. The summed E-state index contributed by atoms with van der Waals surface area (Å²) in [5.74, 6) is 3.27. The van der Waals surface area contributed by atoms with E-state index in [0.29, 0.717) is 31.0 Å². The number of anilines is 2. The lowest BCUT2D eigenvalue weighted by molar-refractivity contribution is 0.383. The highest BCUT2D eigenvalue weighted by molar-refractivity contribution is 6.28. The molecule has 0 atom stereocenters. The topological polar surface area (TPSA) is 81.6 Å². The van der Waals surface area contributed by atoms with E-state index in [1.165, 1.54) is 19.3 Å². The molecule has 0 saturated heterocycles. The average molecular weight is 512 g/mol. The fourth-order valence-corrected chi connectivity index (χ4v) is 4.74. The van der Waals surface area contributed by atoms with Crippen LogP contribution in [0.5, 0.6) is 17.2 Å². The summed E-state index contributed by atoms with van der Waals surface area (Å²) in [7, 11) is 4.99. The van der Waals surface area contributed by atoms with Gasteiger partial charge in [0.15, 0.2) is 0 Å².